The fraction of sp³-hybridized carbons (Fsp3) is 0.231. The van der Waals surface area contributed by atoms with Crippen LogP contribution < -0.4 is 0 Å². The van der Waals surface area contributed by atoms with E-state index < -0.39 is 0 Å². The van der Waals surface area contributed by atoms with Crippen LogP contribution in [0.2, 0.25) is 0 Å². The lowest BCUT2D eigenvalue weighted by molar-refractivity contribution is 0.590. The van der Waals surface area contributed by atoms with Crippen molar-refractivity contribution in [2.24, 2.45) is 0 Å². The van der Waals surface area contributed by atoms with Gasteiger partial charge in [-0.1, -0.05) is 168 Å². The third-order valence-electron chi connectivity index (χ3n) is 17.9. The summed E-state index contributed by atoms with van der Waals surface area (Å²) in [5, 5.41) is 10.1. The zero-order valence-electron chi connectivity index (χ0n) is 50.3. The number of rotatable bonds is 5. The standard InChI is InChI=1S/C78H74N4/c1-47-17-15-19-55(37-47)81-71-39-49(21-29-59(71)61-31-27-57(45-73(61)81)79-67-33-23-51(75(3,4)5)41-63(67)64-42-52(76(6,7)8)24-34-68(64)79)50-22-30-60-62-32-28-58(46-74(62)82(72(60)40-50)56-20-16-18-48(2)38-56)80-69-35-25-53(77(9,10)11)43-65(69)66-44-54(78(12,13)14)26-36-70(66)80/h15-46H,1-14H3. The molecule has 0 aliphatic heterocycles. The van der Waals surface area contributed by atoms with Crippen molar-refractivity contribution in [3.05, 3.63) is 228 Å². The summed E-state index contributed by atoms with van der Waals surface area (Å²) in [6, 6.07) is 74.9. The van der Waals surface area contributed by atoms with Crippen molar-refractivity contribution in [2.45, 2.75) is 119 Å². The lowest BCUT2D eigenvalue weighted by atomic mass is 9.85. The lowest BCUT2D eigenvalue weighted by Gasteiger charge is -2.19. The molecule has 82 heavy (non-hydrogen) atoms. The average molecular weight is 1070 g/mol. The second kappa shape index (κ2) is 17.9. The van der Waals surface area contributed by atoms with Crippen LogP contribution in [0, 0.1) is 13.8 Å². The minimum absolute atomic E-state index is 0.0239. The van der Waals surface area contributed by atoms with Crippen molar-refractivity contribution in [3.8, 4) is 33.9 Å². The van der Waals surface area contributed by atoms with Gasteiger partial charge in [0.05, 0.1) is 44.1 Å². The molecule has 0 spiro atoms. The molecule has 14 rings (SSSR count). The molecular formula is C78H74N4. The van der Waals surface area contributed by atoms with E-state index in [9.17, 15) is 0 Å². The van der Waals surface area contributed by atoms with Gasteiger partial charge in [-0.05, 0) is 189 Å². The van der Waals surface area contributed by atoms with Gasteiger partial charge in [-0.15, -0.1) is 0 Å². The van der Waals surface area contributed by atoms with E-state index in [1.165, 1.54) is 132 Å². The Morgan fingerprint density at radius 1 is 0.220 bits per heavy atom. The predicted molar refractivity (Wildman–Crippen MR) is 354 cm³/mol. The van der Waals surface area contributed by atoms with Gasteiger partial charge in [0, 0.05) is 65.8 Å². The van der Waals surface area contributed by atoms with E-state index in [0.29, 0.717) is 0 Å². The molecule has 0 aliphatic rings. The normalized spacial score (nSPS) is 13.0. The molecule has 4 heteroatoms. The SMILES string of the molecule is Cc1cccc(-n2c3cc(-c4ccc5c6ccc(-n7c8ccc(C(C)(C)C)cc8c8cc(C(C)(C)C)ccc87)cc6n(-c6cccc(C)c6)c5c4)ccc3c3ccc(-n4c5ccc(C(C)(C)C)cc5c5cc(C(C)(C)C)ccc54)cc32)c1. The Morgan fingerprint density at radius 3 is 0.780 bits per heavy atom. The van der Waals surface area contributed by atoms with Crippen LogP contribution in [0.25, 0.3) is 121 Å². The number of aryl methyl sites for hydroxylation is 2. The zero-order chi connectivity index (χ0) is 57.1. The highest BCUT2D eigenvalue weighted by Gasteiger charge is 2.25. The van der Waals surface area contributed by atoms with Crippen LogP contribution in [-0.4, -0.2) is 18.3 Å². The molecule has 0 N–H and O–H groups in total. The highest BCUT2D eigenvalue weighted by atomic mass is 15.0. The molecule has 0 saturated carbocycles. The second-order valence-corrected chi connectivity index (χ2v) is 27.8. The molecule has 0 saturated heterocycles. The minimum atomic E-state index is 0.0239. The predicted octanol–water partition coefficient (Wildman–Crippen LogP) is 21.5. The van der Waals surface area contributed by atoms with E-state index in [4.69, 9.17) is 0 Å². The quantitative estimate of drug-likeness (QED) is 0.164. The minimum Gasteiger partial charge on any atom is -0.309 e. The molecule has 4 aromatic heterocycles. The number of aromatic nitrogens is 4. The van der Waals surface area contributed by atoms with E-state index in [2.05, 4.69) is 309 Å². The Kier molecular flexibility index (Phi) is 11.3. The van der Waals surface area contributed by atoms with Gasteiger partial charge in [0.25, 0.3) is 0 Å². The summed E-state index contributed by atoms with van der Waals surface area (Å²) in [4.78, 5) is 0. The molecule has 406 valence electrons. The summed E-state index contributed by atoms with van der Waals surface area (Å²) in [5.41, 5.74) is 24.5. The van der Waals surface area contributed by atoms with Gasteiger partial charge in [-0.3, -0.25) is 0 Å². The van der Waals surface area contributed by atoms with Gasteiger partial charge >= 0.3 is 0 Å². The third-order valence-corrected chi connectivity index (χ3v) is 17.9. The van der Waals surface area contributed by atoms with E-state index >= 15 is 0 Å². The fourth-order valence-electron chi connectivity index (χ4n) is 13.2. The smallest absolute Gasteiger partial charge is 0.0561 e. The van der Waals surface area contributed by atoms with Crippen LogP contribution in [0.4, 0.5) is 0 Å². The van der Waals surface area contributed by atoms with Gasteiger partial charge in [0.2, 0.25) is 0 Å². The monoisotopic (exact) mass is 1070 g/mol. The Hall–Kier alpha value is -8.60. The largest absolute Gasteiger partial charge is 0.309 e. The molecule has 14 aromatic rings. The average Bonchev–Trinajstić information content (AvgIpc) is 3.04. The molecule has 10 aromatic carbocycles. The number of nitrogens with zero attached hydrogens (tertiary/aromatic N) is 4. The topological polar surface area (TPSA) is 19.7 Å². The molecule has 0 amide bonds. The number of hydrogen-bond acceptors (Lipinski definition) is 0. The van der Waals surface area contributed by atoms with Crippen molar-refractivity contribution < 1.29 is 0 Å². The van der Waals surface area contributed by atoms with Crippen molar-refractivity contribution in [2.75, 3.05) is 0 Å². The Balaban J connectivity index is 0.965. The maximum atomic E-state index is 2.50. The molecule has 0 aliphatic carbocycles. The van der Waals surface area contributed by atoms with E-state index in [1.807, 2.05) is 0 Å². The molecular weight excluding hydrogens is 993 g/mol. The molecule has 0 bridgehead atoms. The second-order valence-electron chi connectivity index (χ2n) is 27.8. The Labute approximate surface area is 482 Å². The Morgan fingerprint density at radius 2 is 0.488 bits per heavy atom. The molecule has 0 atom stereocenters. The van der Waals surface area contributed by atoms with Gasteiger partial charge in [-0.2, -0.15) is 0 Å². The van der Waals surface area contributed by atoms with Crippen molar-refractivity contribution >= 4 is 87.2 Å². The first-order chi connectivity index (χ1) is 39.0. The van der Waals surface area contributed by atoms with Crippen molar-refractivity contribution in [1.82, 2.24) is 18.3 Å². The molecule has 0 unspecified atom stereocenters. The zero-order valence-corrected chi connectivity index (χ0v) is 50.3. The summed E-state index contributed by atoms with van der Waals surface area (Å²) >= 11 is 0. The maximum Gasteiger partial charge on any atom is 0.0561 e. The van der Waals surface area contributed by atoms with Crippen molar-refractivity contribution in [3.63, 3.8) is 0 Å². The van der Waals surface area contributed by atoms with Crippen LogP contribution in [0.1, 0.15) is 116 Å². The van der Waals surface area contributed by atoms with Crippen LogP contribution in [0.15, 0.2) is 194 Å². The van der Waals surface area contributed by atoms with Crippen molar-refractivity contribution in [1.29, 1.82) is 0 Å². The molecule has 0 fully saturated rings. The van der Waals surface area contributed by atoms with Gasteiger partial charge < -0.3 is 18.3 Å². The highest BCUT2D eigenvalue weighted by molar-refractivity contribution is 6.15. The van der Waals surface area contributed by atoms with Crippen LogP contribution >= 0.6 is 0 Å². The summed E-state index contributed by atoms with van der Waals surface area (Å²) in [7, 11) is 0. The first-order valence-corrected chi connectivity index (χ1v) is 29.5. The fourth-order valence-corrected chi connectivity index (χ4v) is 13.2. The summed E-state index contributed by atoms with van der Waals surface area (Å²) in [6.45, 7) is 32.1. The summed E-state index contributed by atoms with van der Waals surface area (Å²) < 4.78 is 9.99. The van der Waals surface area contributed by atoms with E-state index in [0.717, 1.165) is 22.7 Å². The molecule has 4 nitrogen and oxygen atoms in total. The van der Waals surface area contributed by atoms with E-state index in [1.54, 1.807) is 0 Å². The molecule has 4 heterocycles. The van der Waals surface area contributed by atoms with Crippen LogP contribution in [0.3, 0.4) is 0 Å². The van der Waals surface area contributed by atoms with Gasteiger partial charge in [-0.25, -0.2) is 0 Å². The molecule has 0 radical (unpaired) electrons. The number of hydrogen-bond donors (Lipinski definition) is 0. The Bertz CT molecular complexity index is 4510. The third kappa shape index (κ3) is 8.23. The number of fused-ring (bicyclic) bond motifs is 12. The summed E-state index contributed by atoms with van der Waals surface area (Å²) in [6.07, 6.45) is 0. The number of benzene rings is 10. The first kappa shape index (κ1) is 51.5. The maximum absolute atomic E-state index is 2.50. The highest BCUT2D eigenvalue weighted by Crippen LogP contribution is 2.44. The lowest BCUT2D eigenvalue weighted by Crippen LogP contribution is -2.10. The van der Waals surface area contributed by atoms with Crippen LogP contribution in [-0.2, 0) is 21.7 Å². The van der Waals surface area contributed by atoms with Gasteiger partial charge in [0.1, 0.15) is 0 Å². The van der Waals surface area contributed by atoms with E-state index in [-0.39, 0.29) is 21.7 Å². The van der Waals surface area contributed by atoms with Crippen LogP contribution in [0.5, 0.6) is 0 Å². The summed E-state index contributed by atoms with van der Waals surface area (Å²) in [5.74, 6) is 0. The first-order valence-electron chi connectivity index (χ1n) is 29.5. The van der Waals surface area contributed by atoms with Gasteiger partial charge in [0.15, 0.2) is 0 Å².